The molecule has 8 nitrogen and oxygen atoms in total. The highest BCUT2D eigenvalue weighted by Gasteiger charge is 2.47. The molecular formula is C24H27N3O5. The highest BCUT2D eigenvalue weighted by molar-refractivity contribution is 6.46. The van der Waals surface area contributed by atoms with E-state index in [1.165, 1.54) is 23.1 Å². The fourth-order valence-electron chi connectivity index (χ4n) is 3.97. The molecule has 32 heavy (non-hydrogen) atoms. The number of ketones is 1. The van der Waals surface area contributed by atoms with Crippen LogP contribution in [0.5, 0.6) is 0 Å². The summed E-state index contributed by atoms with van der Waals surface area (Å²) in [4.78, 5) is 40.7. The Bertz CT molecular complexity index is 1060. The Morgan fingerprint density at radius 2 is 1.72 bits per heavy atom. The Balaban J connectivity index is 2.18. The van der Waals surface area contributed by atoms with Gasteiger partial charge in [-0.25, -0.2) is 0 Å². The Morgan fingerprint density at radius 1 is 1.09 bits per heavy atom. The van der Waals surface area contributed by atoms with Crippen molar-refractivity contribution in [3.8, 4) is 0 Å². The third kappa shape index (κ3) is 4.40. The molecule has 1 aliphatic rings. The normalized spacial score (nSPS) is 17.9. The number of hydrogen-bond acceptors (Lipinski definition) is 6. The largest absolute Gasteiger partial charge is 0.507 e. The van der Waals surface area contributed by atoms with Crippen LogP contribution in [0, 0.1) is 17.0 Å². The molecule has 1 heterocycles. The van der Waals surface area contributed by atoms with Gasteiger partial charge in [0.2, 0.25) is 0 Å². The fraction of sp³-hybridized carbons (Fsp3) is 0.333. The molecule has 0 aromatic heterocycles. The van der Waals surface area contributed by atoms with Crippen molar-refractivity contribution in [2.24, 2.45) is 0 Å². The monoisotopic (exact) mass is 437 g/mol. The molecule has 1 fully saturated rings. The Hall–Kier alpha value is -3.52. The van der Waals surface area contributed by atoms with E-state index in [4.69, 9.17) is 0 Å². The summed E-state index contributed by atoms with van der Waals surface area (Å²) in [5.41, 5.74) is 1.21. The molecule has 2 aromatic rings. The number of carbonyl (C=O) groups is 2. The van der Waals surface area contributed by atoms with Gasteiger partial charge in [0.05, 0.1) is 22.1 Å². The van der Waals surface area contributed by atoms with E-state index in [2.05, 4.69) is 4.90 Å². The first-order valence-corrected chi connectivity index (χ1v) is 10.6. The maximum Gasteiger partial charge on any atom is 0.295 e. The molecule has 0 radical (unpaired) electrons. The number of rotatable bonds is 8. The second kappa shape index (κ2) is 9.74. The van der Waals surface area contributed by atoms with Crippen LogP contribution in [0.3, 0.4) is 0 Å². The predicted octanol–water partition coefficient (Wildman–Crippen LogP) is 3.67. The lowest BCUT2D eigenvalue weighted by Gasteiger charge is -2.28. The van der Waals surface area contributed by atoms with Crippen molar-refractivity contribution < 1.29 is 19.6 Å². The van der Waals surface area contributed by atoms with Gasteiger partial charge < -0.3 is 14.9 Å². The maximum atomic E-state index is 13.1. The lowest BCUT2D eigenvalue weighted by molar-refractivity contribution is -0.385. The highest BCUT2D eigenvalue weighted by atomic mass is 16.6. The first-order valence-electron chi connectivity index (χ1n) is 10.6. The van der Waals surface area contributed by atoms with Crippen LogP contribution in [0.25, 0.3) is 5.76 Å². The molecule has 0 aliphatic carbocycles. The van der Waals surface area contributed by atoms with Crippen LogP contribution >= 0.6 is 0 Å². The third-order valence-corrected chi connectivity index (χ3v) is 5.84. The standard InChI is InChI=1S/C24H27N3O5/c1-4-25(5-2)14-15-26-21(18-8-6-7-9-19(18)27(31)32)20(23(29)24(26)30)22(28)17-12-10-16(3)11-13-17/h6-13,21,28H,4-5,14-15H2,1-3H3/b22-20+/t21-/m0/s1. The van der Waals surface area contributed by atoms with Crippen molar-refractivity contribution in [2.45, 2.75) is 26.8 Å². The van der Waals surface area contributed by atoms with Crippen LogP contribution < -0.4 is 0 Å². The number of aliphatic hydroxyl groups excluding tert-OH is 1. The topological polar surface area (TPSA) is 104 Å². The molecule has 1 N–H and O–H groups in total. The molecule has 0 unspecified atom stereocenters. The first kappa shape index (κ1) is 23.1. The quantitative estimate of drug-likeness (QED) is 0.222. The van der Waals surface area contributed by atoms with Crippen LogP contribution in [0.2, 0.25) is 0 Å². The zero-order valence-electron chi connectivity index (χ0n) is 18.4. The number of Topliss-reactive ketones (excluding diaryl/α,β-unsaturated/α-hetero) is 1. The predicted molar refractivity (Wildman–Crippen MR) is 121 cm³/mol. The van der Waals surface area contributed by atoms with E-state index < -0.39 is 22.7 Å². The second-order valence-corrected chi connectivity index (χ2v) is 7.70. The maximum absolute atomic E-state index is 13.1. The smallest absolute Gasteiger partial charge is 0.295 e. The molecule has 0 spiro atoms. The van der Waals surface area contributed by atoms with Gasteiger partial charge in [-0.05, 0) is 26.1 Å². The van der Waals surface area contributed by atoms with Gasteiger partial charge in [-0.2, -0.15) is 0 Å². The van der Waals surface area contributed by atoms with Crippen LogP contribution in [0.4, 0.5) is 5.69 Å². The van der Waals surface area contributed by atoms with Crippen LogP contribution in [0.1, 0.15) is 36.6 Å². The summed E-state index contributed by atoms with van der Waals surface area (Å²) in [5, 5.41) is 22.8. The first-order chi connectivity index (χ1) is 15.3. The van der Waals surface area contributed by atoms with Crippen LogP contribution in [0.15, 0.2) is 54.1 Å². The molecule has 1 atom stereocenters. The fourth-order valence-corrected chi connectivity index (χ4v) is 3.97. The summed E-state index contributed by atoms with van der Waals surface area (Å²) in [6.07, 6.45) is 0. The number of hydrogen-bond donors (Lipinski definition) is 1. The lowest BCUT2D eigenvalue weighted by Crippen LogP contribution is -2.38. The number of carbonyl (C=O) groups excluding carboxylic acids is 2. The van der Waals surface area contributed by atoms with Gasteiger partial charge >= 0.3 is 0 Å². The SMILES string of the molecule is CCN(CC)CCN1C(=O)C(=O)/C(=C(/O)c2ccc(C)cc2)[C@@H]1c1ccccc1[N+](=O)[O-]. The van der Waals surface area contributed by atoms with E-state index in [0.29, 0.717) is 12.1 Å². The summed E-state index contributed by atoms with van der Waals surface area (Å²) in [5.74, 6) is -1.95. The van der Waals surface area contributed by atoms with Gasteiger partial charge in [0.25, 0.3) is 17.4 Å². The minimum Gasteiger partial charge on any atom is -0.507 e. The van der Waals surface area contributed by atoms with E-state index in [1.54, 1.807) is 30.3 Å². The van der Waals surface area contributed by atoms with Crippen molar-refractivity contribution in [1.82, 2.24) is 9.80 Å². The molecule has 8 heteroatoms. The van der Waals surface area contributed by atoms with Gasteiger partial charge in [-0.1, -0.05) is 55.8 Å². The molecule has 1 saturated heterocycles. The average molecular weight is 437 g/mol. The van der Waals surface area contributed by atoms with E-state index >= 15 is 0 Å². The van der Waals surface area contributed by atoms with Crippen molar-refractivity contribution >= 4 is 23.1 Å². The number of likely N-dealkylation sites (tertiary alicyclic amines) is 1. The van der Waals surface area contributed by atoms with Crippen molar-refractivity contribution in [3.63, 3.8) is 0 Å². The molecular weight excluding hydrogens is 410 g/mol. The van der Waals surface area contributed by atoms with E-state index in [0.717, 1.165) is 18.7 Å². The number of nitro groups is 1. The molecule has 3 rings (SSSR count). The number of aliphatic hydroxyl groups is 1. The Labute approximate surface area is 186 Å². The van der Waals surface area contributed by atoms with Gasteiger partial charge in [-0.3, -0.25) is 19.7 Å². The highest BCUT2D eigenvalue weighted by Crippen LogP contribution is 2.42. The summed E-state index contributed by atoms with van der Waals surface area (Å²) in [7, 11) is 0. The zero-order chi connectivity index (χ0) is 23.4. The number of nitrogens with zero attached hydrogens (tertiary/aromatic N) is 3. The zero-order valence-corrected chi connectivity index (χ0v) is 18.4. The number of para-hydroxylation sites is 1. The number of likely N-dealkylation sites (N-methyl/N-ethyl adjacent to an activating group) is 1. The number of nitro benzene ring substituents is 1. The molecule has 0 saturated carbocycles. The summed E-state index contributed by atoms with van der Waals surface area (Å²) in [6.45, 7) is 8.11. The number of benzene rings is 2. The number of aryl methyl sites for hydroxylation is 1. The summed E-state index contributed by atoms with van der Waals surface area (Å²) in [6, 6.07) is 11.9. The Morgan fingerprint density at radius 3 is 2.31 bits per heavy atom. The van der Waals surface area contributed by atoms with Crippen molar-refractivity contribution in [1.29, 1.82) is 0 Å². The van der Waals surface area contributed by atoms with Gasteiger partial charge in [0.15, 0.2) is 0 Å². The molecule has 2 aromatic carbocycles. The molecule has 1 aliphatic heterocycles. The minimum absolute atomic E-state index is 0.132. The van der Waals surface area contributed by atoms with Gasteiger partial charge in [0, 0.05) is 24.7 Å². The Kier molecular flexibility index (Phi) is 7.05. The molecule has 168 valence electrons. The van der Waals surface area contributed by atoms with E-state index in [9.17, 15) is 24.8 Å². The van der Waals surface area contributed by atoms with E-state index in [-0.39, 0.29) is 29.1 Å². The van der Waals surface area contributed by atoms with Gasteiger partial charge in [-0.15, -0.1) is 0 Å². The summed E-state index contributed by atoms with van der Waals surface area (Å²) >= 11 is 0. The third-order valence-electron chi connectivity index (χ3n) is 5.84. The van der Waals surface area contributed by atoms with Crippen LogP contribution in [-0.2, 0) is 9.59 Å². The van der Waals surface area contributed by atoms with Crippen molar-refractivity contribution in [2.75, 3.05) is 26.2 Å². The summed E-state index contributed by atoms with van der Waals surface area (Å²) < 4.78 is 0. The lowest BCUT2D eigenvalue weighted by atomic mass is 9.94. The van der Waals surface area contributed by atoms with Crippen molar-refractivity contribution in [3.05, 3.63) is 80.9 Å². The van der Waals surface area contributed by atoms with E-state index in [1.807, 2.05) is 20.8 Å². The second-order valence-electron chi connectivity index (χ2n) is 7.70. The molecule has 0 bridgehead atoms. The minimum atomic E-state index is -1.05. The average Bonchev–Trinajstić information content (AvgIpc) is 3.04. The van der Waals surface area contributed by atoms with Gasteiger partial charge in [0.1, 0.15) is 5.76 Å². The molecule has 1 amide bonds. The van der Waals surface area contributed by atoms with Crippen LogP contribution in [-0.4, -0.2) is 57.7 Å². The number of amides is 1.